The molecule has 0 spiro atoms. The van der Waals surface area contributed by atoms with Gasteiger partial charge in [-0.1, -0.05) is 28.1 Å². The minimum atomic E-state index is 0.238. The number of hydrogen-bond donors (Lipinski definition) is 0. The molecule has 0 radical (unpaired) electrons. The van der Waals surface area contributed by atoms with Gasteiger partial charge in [0.1, 0.15) is 0 Å². The van der Waals surface area contributed by atoms with E-state index in [0.29, 0.717) is 6.42 Å². The fourth-order valence-electron chi connectivity index (χ4n) is 1.83. The molecule has 0 bridgehead atoms. The first-order chi connectivity index (χ1) is 8.08. The van der Waals surface area contributed by atoms with Gasteiger partial charge in [-0.15, -0.1) is 0 Å². The molecular formula is C14H20BrNO. The van der Waals surface area contributed by atoms with Gasteiger partial charge in [-0.25, -0.2) is 0 Å². The maximum absolute atomic E-state index is 11.9. The van der Waals surface area contributed by atoms with E-state index in [-0.39, 0.29) is 5.91 Å². The summed E-state index contributed by atoms with van der Waals surface area (Å²) in [4.78, 5) is 13.7. The summed E-state index contributed by atoms with van der Waals surface area (Å²) in [6, 6.07) is 6.27. The van der Waals surface area contributed by atoms with Crippen molar-refractivity contribution in [2.45, 2.75) is 33.6 Å². The maximum Gasteiger partial charge on any atom is 0.222 e. The van der Waals surface area contributed by atoms with E-state index in [1.165, 1.54) is 11.1 Å². The SMILES string of the molecule is CCN(CC)C(=O)CCc1ccc(C)cc1Br. The van der Waals surface area contributed by atoms with E-state index in [1.807, 2.05) is 18.7 Å². The van der Waals surface area contributed by atoms with Gasteiger partial charge in [-0.05, 0) is 44.4 Å². The fraction of sp³-hybridized carbons (Fsp3) is 0.500. The monoisotopic (exact) mass is 297 g/mol. The molecule has 1 amide bonds. The molecule has 0 unspecified atom stereocenters. The lowest BCUT2D eigenvalue weighted by molar-refractivity contribution is -0.130. The second kappa shape index (κ2) is 6.80. The summed E-state index contributed by atoms with van der Waals surface area (Å²) < 4.78 is 1.10. The molecule has 0 N–H and O–H groups in total. The number of carbonyl (C=O) groups is 1. The van der Waals surface area contributed by atoms with E-state index in [1.54, 1.807) is 0 Å². The summed E-state index contributed by atoms with van der Waals surface area (Å²) in [5.41, 5.74) is 2.44. The molecule has 0 fully saturated rings. The van der Waals surface area contributed by atoms with Gasteiger partial charge in [0.05, 0.1) is 0 Å². The van der Waals surface area contributed by atoms with Gasteiger partial charge in [-0.2, -0.15) is 0 Å². The molecule has 0 aliphatic heterocycles. The van der Waals surface area contributed by atoms with Crippen LogP contribution in [0.5, 0.6) is 0 Å². The Morgan fingerprint density at radius 2 is 1.94 bits per heavy atom. The summed E-state index contributed by atoms with van der Waals surface area (Å²) in [6.07, 6.45) is 1.39. The molecule has 0 atom stereocenters. The quantitative estimate of drug-likeness (QED) is 0.814. The smallest absolute Gasteiger partial charge is 0.222 e. The van der Waals surface area contributed by atoms with E-state index in [9.17, 15) is 4.79 Å². The summed E-state index contributed by atoms with van der Waals surface area (Å²) in [7, 11) is 0. The fourth-order valence-corrected chi connectivity index (χ4v) is 2.52. The van der Waals surface area contributed by atoms with Crippen molar-refractivity contribution in [2.75, 3.05) is 13.1 Å². The van der Waals surface area contributed by atoms with Gasteiger partial charge in [0.2, 0.25) is 5.91 Å². The Morgan fingerprint density at radius 3 is 2.47 bits per heavy atom. The van der Waals surface area contributed by atoms with Gasteiger partial charge in [0, 0.05) is 24.0 Å². The van der Waals surface area contributed by atoms with Crippen LogP contribution in [0.2, 0.25) is 0 Å². The maximum atomic E-state index is 11.9. The van der Waals surface area contributed by atoms with Crippen molar-refractivity contribution in [3.63, 3.8) is 0 Å². The first kappa shape index (κ1) is 14.2. The van der Waals surface area contributed by atoms with Gasteiger partial charge in [0.25, 0.3) is 0 Å². The summed E-state index contributed by atoms with van der Waals surface area (Å²) in [6.45, 7) is 7.69. The number of carbonyl (C=O) groups excluding carboxylic acids is 1. The van der Waals surface area contributed by atoms with E-state index in [2.05, 4.69) is 41.1 Å². The molecule has 0 aliphatic rings. The minimum Gasteiger partial charge on any atom is -0.343 e. The first-order valence-corrected chi connectivity index (χ1v) is 6.90. The number of amides is 1. The van der Waals surface area contributed by atoms with Gasteiger partial charge in [0.15, 0.2) is 0 Å². The van der Waals surface area contributed by atoms with Gasteiger partial charge < -0.3 is 4.90 Å². The van der Waals surface area contributed by atoms with Crippen molar-refractivity contribution < 1.29 is 4.79 Å². The number of hydrogen-bond acceptors (Lipinski definition) is 1. The second-order valence-corrected chi connectivity index (χ2v) is 5.02. The number of aryl methyl sites for hydroxylation is 2. The Bertz CT molecular complexity index is 386. The highest BCUT2D eigenvalue weighted by Gasteiger charge is 2.10. The van der Waals surface area contributed by atoms with E-state index >= 15 is 0 Å². The van der Waals surface area contributed by atoms with Crippen LogP contribution in [0.3, 0.4) is 0 Å². The molecule has 0 aromatic heterocycles. The highest BCUT2D eigenvalue weighted by Crippen LogP contribution is 2.20. The lowest BCUT2D eigenvalue weighted by Crippen LogP contribution is -2.30. The number of nitrogens with zero attached hydrogens (tertiary/aromatic N) is 1. The first-order valence-electron chi connectivity index (χ1n) is 6.11. The van der Waals surface area contributed by atoms with Crippen LogP contribution in [0.25, 0.3) is 0 Å². The molecule has 1 aromatic rings. The Morgan fingerprint density at radius 1 is 1.29 bits per heavy atom. The van der Waals surface area contributed by atoms with Crippen LogP contribution in [-0.4, -0.2) is 23.9 Å². The number of benzene rings is 1. The largest absolute Gasteiger partial charge is 0.343 e. The van der Waals surface area contributed by atoms with Crippen LogP contribution in [0.15, 0.2) is 22.7 Å². The van der Waals surface area contributed by atoms with Crippen LogP contribution < -0.4 is 0 Å². The molecule has 0 heterocycles. The summed E-state index contributed by atoms with van der Waals surface area (Å²) in [5.74, 6) is 0.238. The van der Waals surface area contributed by atoms with Gasteiger partial charge >= 0.3 is 0 Å². The summed E-state index contributed by atoms with van der Waals surface area (Å²) in [5, 5.41) is 0. The molecule has 94 valence electrons. The molecule has 17 heavy (non-hydrogen) atoms. The summed E-state index contributed by atoms with van der Waals surface area (Å²) >= 11 is 3.54. The van der Waals surface area contributed by atoms with Crippen molar-refractivity contribution in [3.05, 3.63) is 33.8 Å². The normalized spacial score (nSPS) is 10.4. The Hall–Kier alpha value is -0.830. The van der Waals surface area contributed by atoms with Crippen LogP contribution in [0, 0.1) is 6.92 Å². The van der Waals surface area contributed by atoms with E-state index in [4.69, 9.17) is 0 Å². The molecule has 3 heteroatoms. The molecule has 2 nitrogen and oxygen atoms in total. The molecule has 0 saturated heterocycles. The zero-order valence-electron chi connectivity index (χ0n) is 10.8. The zero-order chi connectivity index (χ0) is 12.8. The third-order valence-electron chi connectivity index (χ3n) is 2.93. The lowest BCUT2D eigenvalue weighted by atomic mass is 10.1. The topological polar surface area (TPSA) is 20.3 Å². The Labute approximate surface area is 112 Å². The van der Waals surface area contributed by atoms with Crippen molar-refractivity contribution in [1.82, 2.24) is 4.90 Å². The third-order valence-corrected chi connectivity index (χ3v) is 3.67. The lowest BCUT2D eigenvalue weighted by Gasteiger charge is -2.18. The van der Waals surface area contributed by atoms with E-state index < -0.39 is 0 Å². The second-order valence-electron chi connectivity index (χ2n) is 4.16. The van der Waals surface area contributed by atoms with Crippen LogP contribution in [-0.2, 0) is 11.2 Å². The van der Waals surface area contributed by atoms with E-state index in [0.717, 1.165) is 24.0 Å². The van der Waals surface area contributed by atoms with Crippen LogP contribution in [0.1, 0.15) is 31.4 Å². The zero-order valence-corrected chi connectivity index (χ0v) is 12.4. The molecule has 1 rings (SSSR count). The van der Waals surface area contributed by atoms with Crippen molar-refractivity contribution in [3.8, 4) is 0 Å². The minimum absolute atomic E-state index is 0.238. The Kier molecular flexibility index (Phi) is 5.69. The van der Waals surface area contributed by atoms with Crippen LogP contribution >= 0.6 is 15.9 Å². The molecule has 0 saturated carbocycles. The Balaban J connectivity index is 2.58. The highest BCUT2D eigenvalue weighted by molar-refractivity contribution is 9.10. The predicted molar refractivity (Wildman–Crippen MR) is 75.1 cm³/mol. The number of halogens is 1. The molecular weight excluding hydrogens is 278 g/mol. The number of rotatable bonds is 5. The third kappa shape index (κ3) is 4.15. The molecule has 0 aliphatic carbocycles. The average Bonchev–Trinajstić information content (AvgIpc) is 2.29. The average molecular weight is 298 g/mol. The predicted octanol–water partition coefficient (Wildman–Crippen LogP) is 3.56. The van der Waals surface area contributed by atoms with Crippen LogP contribution in [0.4, 0.5) is 0 Å². The van der Waals surface area contributed by atoms with Crippen molar-refractivity contribution in [2.24, 2.45) is 0 Å². The molecule has 1 aromatic carbocycles. The van der Waals surface area contributed by atoms with Gasteiger partial charge in [-0.3, -0.25) is 4.79 Å². The van der Waals surface area contributed by atoms with Crippen molar-refractivity contribution in [1.29, 1.82) is 0 Å². The van der Waals surface area contributed by atoms with Crippen molar-refractivity contribution >= 4 is 21.8 Å². The standard InChI is InChI=1S/C14H20BrNO/c1-4-16(5-2)14(17)9-8-12-7-6-11(3)10-13(12)15/h6-7,10H,4-5,8-9H2,1-3H3. The highest BCUT2D eigenvalue weighted by atomic mass is 79.9.